The summed E-state index contributed by atoms with van der Waals surface area (Å²) in [5.74, 6) is 0. The zero-order valence-electron chi connectivity index (χ0n) is 12.7. The molecule has 0 saturated carbocycles. The van der Waals surface area contributed by atoms with Crippen LogP contribution >= 0.6 is 13.5 Å². The topological polar surface area (TPSA) is 18.5 Å². The fourth-order valence-electron chi connectivity index (χ4n) is 2.31. The van der Waals surface area contributed by atoms with Crippen molar-refractivity contribution in [2.24, 2.45) is 0 Å². The zero-order chi connectivity index (χ0) is 14.2. The maximum atomic E-state index is 5.65. The second-order valence-electron chi connectivity index (χ2n) is 4.57. The van der Waals surface area contributed by atoms with Crippen molar-refractivity contribution in [1.82, 2.24) is 0 Å². The molecule has 2 aromatic rings. The number of benzene rings is 2. The molecule has 0 aliphatic heterocycles. The van der Waals surface area contributed by atoms with Crippen LogP contribution in [0.3, 0.4) is 0 Å². The Bertz CT molecular complexity index is 508. The van der Waals surface area contributed by atoms with Gasteiger partial charge < -0.3 is 9.47 Å². The van der Waals surface area contributed by atoms with E-state index in [-0.39, 0.29) is 19.8 Å². The molecule has 0 aromatic heterocycles. The van der Waals surface area contributed by atoms with Crippen molar-refractivity contribution in [3.63, 3.8) is 0 Å². The van der Waals surface area contributed by atoms with Crippen LogP contribution in [0.2, 0.25) is 0 Å². The molecule has 0 heterocycles. The van der Waals surface area contributed by atoms with E-state index < -0.39 is 0 Å². The molecule has 114 valence electrons. The summed E-state index contributed by atoms with van der Waals surface area (Å²) in [5.41, 5.74) is 3.73. The molecule has 0 fully saturated rings. The van der Waals surface area contributed by atoms with Crippen molar-refractivity contribution in [2.75, 3.05) is 13.2 Å². The van der Waals surface area contributed by atoms with Crippen LogP contribution in [0.15, 0.2) is 54.6 Å². The summed E-state index contributed by atoms with van der Waals surface area (Å²) in [4.78, 5) is 0. The molecule has 0 radical (unpaired) electrons. The summed E-state index contributed by atoms with van der Waals surface area (Å²) in [5, 5.41) is 0. The second-order valence-corrected chi connectivity index (χ2v) is 4.57. The lowest BCUT2D eigenvalue weighted by Gasteiger charge is -2.19. The lowest BCUT2D eigenvalue weighted by atomic mass is 9.97. The van der Waals surface area contributed by atoms with E-state index in [4.69, 9.17) is 9.47 Å². The Balaban J connectivity index is 0.00000220. The highest BCUT2D eigenvalue weighted by Crippen LogP contribution is 2.25. The van der Waals surface area contributed by atoms with Gasteiger partial charge in [-0.25, -0.2) is 0 Å². The Morgan fingerprint density at radius 3 is 2.00 bits per heavy atom. The summed E-state index contributed by atoms with van der Waals surface area (Å²) >= 11 is 0. The number of ether oxygens (including phenoxy) is 2. The first-order valence-electron chi connectivity index (χ1n) is 7.21. The quantitative estimate of drug-likeness (QED) is 0.706. The van der Waals surface area contributed by atoms with E-state index in [1.807, 2.05) is 19.9 Å². The molecule has 2 rings (SSSR count). The first kappa shape index (κ1) is 17.8. The lowest BCUT2D eigenvalue weighted by molar-refractivity contribution is -0.134. The van der Waals surface area contributed by atoms with E-state index in [1.165, 1.54) is 16.7 Å². The third-order valence-corrected chi connectivity index (χ3v) is 3.19. The average Bonchev–Trinajstić information content (AvgIpc) is 2.49. The minimum Gasteiger partial charge on any atom is -0.353 e. The van der Waals surface area contributed by atoms with Crippen LogP contribution in [0.1, 0.15) is 19.4 Å². The Hall–Kier alpha value is -1.29. The van der Waals surface area contributed by atoms with Gasteiger partial charge in [0.1, 0.15) is 0 Å². The minimum atomic E-state index is -0.171. The normalized spacial score (nSPS) is 10.4. The van der Waals surface area contributed by atoms with Crippen molar-refractivity contribution >= 4 is 13.5 Å². The van der Waals surface area contributed by atoms with Gasteiger partial charge in [0.05, 0.1) is 0 Å². The van der Waals surface area contributed by atoms with Crippen molar-refractivity contribution in [3.8, 4) is 11.1 Å². The van der Waals surface area contributed by atoms with Crippen LogP contribution in [0, 0.1) is 0 Å². The smallest absolute Gasteiger partial charge is 0.161 e. The Morgan fingerprint density at radius 1 is 0.810 bits per heavy atom. The molecular formula is C18H24O2S. The van der Waals surface area contributed by atoms with Crippen LogP contribution in [0.4, 0.5) is 0 Å². The fraction of sp³-hybridized carbons (Fsp3) is 0.333. The van der Waals surface area contributed by atoms with E-state index in [0.29, 0.717) is 13.2 Å². The first-order valence-corrected chi connectivity index (χ1v) is 7.21. The van der Waals surface area contributed by atoms with Crippen molar-refractivity contribution in [1.29, 1.82) is 0 Å². The first-order chi connectivity index (χ1) is 9.85. The average molecular weight is 304 g/mol. The maximum Gasteiger partial charge on any atom is 0.161 e. The van der Waals surface area contributed by atoms with Crippen LogP contribution in [0.25, 0.3) is 11.1 Å². The summed E-state index contributed by atoms with van der Waals surface area (Å²) in [6.45, 7) is 5.32. The summed E-state index contributed by atoms with van der Waals surface area (Å²) < 4.78 is 11.3. The largest absolute Gasteiger partial charge is 0.353 e. The molecule has 0 atom stereocenters. The van der Waals surface area contributed by atoms with Gasteiger partial charge in [0.2, 0.25) is 0 Å². The summed E-state index contributed by atoms with van der Waals surface area (Å²) in [6, 6.07) is 18.9. The van der Waals surface area contributed by atoms with Gasteiger partial charge in [-0.3, -0.25) is 0 Å². The molecule has 0 aliphatic carbocycles. The number of rotatable bonds is 7. The molecule has 3 heteroatoms. The van der Waals surface area contributed by atoms with Crippen molar-refractivity contribution in [2.45, 2.75) is 26.6 Å². The fourth-order valence-corrected chi connectivity index (χ4v) is 2.31. The van der Waals surface area contributed by atoms with Crippen LogP contribution in [-0.2, 0) is 15.9 Å². The van der Waals surface area contributed by atoms with Gasteiger partial charge >= 0.3 is 0 Å². The Morgan fingerprint density at radius 2 is 1.38 bits per heavy atom. The SMILES string of the molecule is CCOC(Cc1ccccc1-c1ccccc1)OCC.S. The van der Waals surface area contributed by atoms with Crippen molar-refractivity contribution < 1.29 is 9.47 Å². The third kappa shape index (κ3) is 5.20. The molecule has 0 spiro atoms. The van der Waals surface area contributed by atoms with Gasteiger partial charge in [0.15, 0.2) is 6.29 Å². The predicted octanol–water partition coefficient (Wildman–Crippen LogP) is 4.41. The summed E-state index contributed by atoms with van der Waals surface area (Å²) in [7, 11) is 0. The molecule has 2 nitrogen and oxygen atoms in total. The van der Waals surface area contributed by atoms with Gasteiger partial charge in [0.25, 0.3) is 0 Å². The van der Waals surface area contributed by atoms with E-state index >= 15 is 0 Å². The number of hydrogen-bond donors (Lipinski definition) is 0. The molecule has 2 aromatic carbocycles. The lowest BCUT2D eigenvalue weighted by Crippen LogP contribution is -2.20. The maximum absolute atomic E-state index is 5.65. The van der Waals surface area contributed by atoms with Gasteiger partial charge in [-0.1, -0.05) is 54.6 Å². The standard InChI is InChI=1S/C18H22O2.H2S/c1-3-19-18(20-4-2)14-16-12-8-9-13-17(16)15-10-6-5-7-11-15;/h5-13,18H,3-4,14H2,1-2H3;1H2. The van der Waals surface area contributed by atoms with E-state index in [0.717, 1.165) is 6.42 Å². The monoisotopic (exact) mass is 304 g/mol. The molecule has 0 amide bonds. The molecule has 0 aliphatic rings. The van der Waals surface area contributed by atoms with Crippen molar-refractivity contribution in [3.05, 3.63) is 60.2 Å². The van der Waals surface area contributed by atoms with Crippen LogP contribution in [0.5, 0.6) is 0 Å². The second kappa shape index (κ2) is 9.61. The van der Waals surface area contributed by atoms with Gasteiger partial charge in [0, 0.05) is 19.6 Å². The molecular weight excluding hydrogens is 280 g/mol. The Labute approximate surface area is 134 Å². The molecule has 0 saturated heterocycles. The van der Waals surface area contributed by atoms with E-state index in [2.05, 4.69) is 48.5 Å². The van der Waals surface area contributed by atoms with E-state index in [9.17, 15) is 0 Å². The molecule has 0 bridgehead atoms. The highest BCUT2D eigenvalue weighted by atomic mass is 32.1. The minimum absolute atomic E-state index is 0. The summed E-state index contributed by atoms with van der Waals surface area (Å²) in [6.07, 6.45) is 0.599. The van der Waals surface area contributed by atoms with Crippen LogP contribution in [-0.4, -0.2) is 19.5 Å². The molecule has 21 heavy (non-hydrogen) atoms. The Kier molecular flexibility index (Phi) is 8.13. The highest BCUT2D eigenvalue weighted by molar-refractivity contribution is 7.59. The molecule has 0 N–H and O–H groups in total. The highest BCUT2D eigenvalue weighted by Gasteiger charge is 2.12. The molecule has 0 unspecified atom stereocenters. The number of hydrogen-bond acceptors (Lipinski definition) is 2. The van der Waals surface area contributed by atoms with Gasteiger partial charge in [-0.15, -0.1) is 0 Å². The van der Waals surface area contributed by atoms with Gasteiger partial charge in [-0.05, 0) is 30.5 Å². The zero-order valence-corrected chi connectivity index (χ0v) is 13.7. The predicted molar refractivity (Wildman–Crippen MR) is 93.0 cm³/mol. The third-order valence-electron chi connectivity index (χ3n) is 3.19. The van der Waals surface area contributed by atoms with Gasteiger partial charge in [-0.2, -0.15) is 13.5 Å². The van der Waals surface area contributed by atoms with E-state index in [1.54, 1.807) is 0 Å². The van der Waals surface area contributed by atoms with Crippen LogP contribution < -0.4 is 0 Å².